The average Bonchev–Trinajstić information content (AvgIpc) is 2.30. The van der Waals surface area contributed by atoms with Crippen LogP contribution in [0.1, 0.15) is 36.5 Å². The third-order valence-corrected chi connectivity index (χ3v) is 2.75. The molecule has 1 aromatic carbocycles. The maximum Gasteiger partial charge on any atom is 0.171 e. The van der Waals surface area contributed by atoms with Crippen LogP contribution in [0.5, 0.6) is 0 Å². The van der Waals surface area contributed by atoms with Crippen LogP contribution in [0.15, 0.2) is 24.3 Å². The number of halogens is 1. The van der Waals surface area contributed by atoms with Gasteiger partial charge in [-0.1, -0.05) is 24.9 Å². The van der Waals surface area contributed by atoms with Gasteiger partial charge < -0.3 is 4.74 Å². The lowest BCUT2D eigenvalue weighted by Crippen LogP contribution is -2.10. The second-order valence-corrected chi connectivity index (χ2v) is 4.57. The van der Waals surface area contributed by atoms with Crippen LogP contribution in [0.4, 0.5) is 0 Å². The number of ether oxygens (including phenoxy) is 1. The minimum Gasteiger partial charge on any atom is -0.487 e. The zero-order valence-electron chi connectivity index (χ0n) is 9.74. The minimum absolute atomic E-state index is 0.0387. The second-order valence-electron chi connectivity index (χ2n) is 3.68. The van der Waals surface area contributed by atoms with Gasteiger partial charge in [-0.25, -0.2) is 0 Å². The number of hydrogen-bond donors (Lipinski definition) is 0. The van der Waals surface area contributed by atoms with Gasteiger partial charge in [-0.05, 0) is 42.9 Å². The van der Waals surface area contributed by atoms with Crippen molar-refractivity contribution < 1.29 is 9.53 Å². The molecule has 17 heavy (non-hydrogen) atoms. The zero-order chi connectivity index (χ0) is 12.7. The van der Waals surface area contributed by atoms with Gasteiger partial charge in [0.15, 0.2) is 10.8 Å². The van der Waals surface area contributed by atoms with Crippen molar-refractivity contribution in [2.75, 3.05) is 6.61 Å². The van der Waals surface area contributed by atoms with Gasteiger partial charge in [0.05, 0.1) is 13.0 Å². The van der Waals surface area contributed by atoms with E-state index in [1.165, 1.54) is 0 Å². The maximum absolute atomic E-state index is 11.8. The summed E-state index contributed by atoms with van der Waals surface area (Å²) in [6, 6.07) is 6.77. The van der Waals surface area contributed by atoms with Gasteiger partial charge in [-0.3, -0.25) is 4.79 Å². The molecule has 0 saturated carbocycles. The summed E-state index contributed by atoms with van der Waals surface area (Å²) >= 11 is 10.7. The molecule has 0 bridgehead atoms. The first-order chi connectivity index (χ1) is 8.13. The quantitative estimate of drug-likeness (QED) is 0.443. The molecule has 0 aliphatic rings. The van der Waals surface area contributed by atoms with E-state index in [9.17, 15) is 4.79 Å². The number of rotatable bonds is 6. The summed E-state index contributed by atoms with van der Waals surface area (Å²) in [6.45, 7) is 2.66. The fourth-order valence-electron chi connectivity index (χ4n) is 1.25. The highest BCUT2D eigenvalue weighted by atomic mass is 35.5. The topological polar surface area (TPSA) is 26.3 Å². The molecule has 0 unspecified atom stereocenters. The van der Waals surface area contributed by atoms with Crippen molar-refractivity contribution in [3.8, 4) is 0 Å². The molecule has 1 aromatic rings. The third kappa shape index (κ3) is 5.29. The Hall–Kier alpha value is -0.930. The van der Waals surface area contributed by atoms with Crippen molar-refractivity contribution in [2.45, 2.75) is 26.2 Å². The molecule has 0 aliphatic carbocycles. The monoisotopic (exact) mass is 270 g/mol. The molecule has 1 rings (SSSR count). The second kappa shape index (κ2) is 7.41. The van der Waals surface area contributed by atoms with Crippen molar-refractivity contribution in [3.05, 3.63) is 34.9 Å². The molecule has 0 N–H and O–H groups in total. The molecule has 0 radical (unpaired) electrons. The van der Waals surface area contributed by atoms with Crippen LogP contribution in [0.2, 0.25) is 5.02 Å². The Morgan fingerprint density at radius 2 is 2.00 bits per heavy atom. The van der Waals surface area contributed by atoms with Gasteiger partial charge in [0.1, 0.15) is 0 Å². The van der Waals surface area contributed by atoms with E-state index < -0.39 is 0 Å². The number of ketones is 1. The molecule has 0 heterocycles. The number of unbranched alkanes of at least 4 members (excludes halogenated alkanes) is 1. The highest BCUT2D eigenvalue weighted by Crippen LogP contribution is 2.11. The lowest BCUT2D eigenvalue weighted by atomic mass is 10.1. The fourth-order valence-corrected chi connectivity index (χ4v) is 1.59. The van der Waals surface area contributed by atoms with Crippen LogP contribution >= 0.6 is 23.8 Å². The Labute approximate surface area is 112 Å². The Kier molecular flexibility index (Phi) is 6.16. The van der Waals surface area contributed by atoms with Crippen molar-refractivity contribution in [1.29, 1.82) is 0 Å². The summed E-state index contributed by atoms with van der Waals surface area (Å²) in [5, 5.41) is 0.974. The Bertz CT molecular complexity index is 387. The number of hydrogen-bond acceptors (Lipinski definition) is 3. The molecule has 0 amide bonds. The summed E-state index contributed by atoms with van der Waals surface area (Å²) in [4.78, 5) is 11.8. The first-order valence-corrected chi connectivity index (χ1v) is 6.36. The van der Waals surface area contributed by atoms with E-state index in [0.717, 1.165) is 12.8 Å². The molecular formula is C13H15ClO2S. The van der Waals surface area contributed by atoms with E-state index in [0.29, 0.717) is 22.2 Å². The van der Waals surface area contributed by atoms with Crippen molar-refractivity contribution in [3.63, 3.8) is 0 Å². The highest BCUT2D eigenvalue weighted by molar-refractivity contribution is 7.80. The summed E-state index contributed by atoms with van der Waals surface area (Å²) in [7, 11) is 0. The van der Waals surface area contributed by atoms with Crippen LogP contribution in [-0.2, 0) is 4.74 Å². The summed E-state index contributed by atoms with van der Waals surface area (Å²) in [5.41, 5.74) is 0.607. The van der Waals surface area contributed by atoms with Gasteiger partial charge in [-0.2, -0.15) is 0 Å². The van der Waals surface area contributed by atoms with E-state index >= 15 is 0 Å². The Balaban J connectivity index is 2.43. The lowest BCUT2D eigenvalue weighted by molar-refractivity contribution is 0.0994. The van der Waals surface area contributed by atoms with Crippen LogP contribution in [0.25, 0.3) is 0 Å². The lowest BCUT2D eigenvalue weighted by Gasteiger charge is -2.06. The number of carbonyl (C=O) groups excluding carboxylic acids is 1. The Morgan fingerprint density at radius 1 is 1.35 bits per heavy atom. The van der Waals surface area contributed by atoms with E-state index in [2.05, 4.69) is 6.92 Å². The molecule has 0 fully saturated rings. The smallest absolute Gasteiger partial charge is 0.171 e. The molecule has 2 nitrogen and oxygen atoms in total. The SMILES string of the molecule is CCCCOC(=S)CC(=O)c1ccc(Cl)cc1. The molecule has 0 saturated heterocycles. The molecule has 0 spiro atoms. The number of benzene rings is 1. The van der Waals surface area contributed by atoms with Crippen LogP contribution in [0, 0.1) is 0 Å². The van der Waals surface area contributed by atoms with Gasteiger partial charge in [0.25, 0.3) is 0 Å². The number of carbonyl (C=O) groups is 1. The van der Waals surface area contributed by atoms with Crippen LogP contribution in [-0.4, -0.2) is 17.4 Å². The van der Waals surface area contributed by atoms with Gasteiger partial charge in [-0.15, -0.1) is 0 Å². The standard InChI is InChI=1S/C13H15ClO2S/c1-2-3-8-16-13(17)9-12(15)10-4-6-11(14)7-5-10/h4-7H,2-3,8-9H2,1H3. The first-order valence-electron chi connectivity index (χ1n) is 5.58. The van der Waals surface area contributed by atoms with E-state index in [-0.39, 0.29) is 12.2 Å². The van der Waals surface area contributed by atoms with Crippen molar-refractivity contribution in [2.24, 2.45) is 0 Å². The molecule has 0 aliphatic heterocycles. The number of Topliss-reactive ketones (excluding diaryl/α,β-unsaturated/α-hetero) is 1. The fraction of sp³-hybridized carbons (Fsp3) is 0.385. The first kappa shape index (κ1) is 14.1. The average molecular weight is 271 g/mol. The highest BCUT2D eigenvalue weighted by Gasteiger charge is 2.09. The predicted molar refractivity (Wildman–Crippen MR) is 73.9 cm³/mol. The molecule has 0 atom stereocenters. The van der Waals surface area contributed by atoms with E-state index in [1.807, 2.05) is 0 Å². The molecule has 92 valence electrons. The van der Waals surface area contributed by atoms with Crippen LogP contribution in [0.3, 0.4) is 0 Å². The summed E-state index contributed by atoms with van der Waals surface area (Å²) in [6.07, 6.45) is 2.16. The number of thiocarbonyl (C=S) groups is 1. The molecular weight excluding hydrogens is 256 g/mol. The summed E-state index contributed by atoms with van der Waals surface area (Å²) in [5.74, 6) is -0.0387. The van der Waals surface area contributed by atoms with Gasteiger partial charge >= 0.3 is 0 Å². The zero-order valence-corrected chi connectivity index (χ0v) is 11.3. The maximum atomic E-state index is 11.8. The van der Waals surface area contributed by atoms with E-state index in [1.54, 1.807) is 24.3 Å². The van der Waals surface area contributed by atoms with Gasteiger partial charge in [0, 0.05) is 10.6 Å². The minimum atomic E-state index is -0.0387. The van der Waals surface area contributed by atoms with Crippen LogP contribution < -0.4 is 0 Å². The Morgan fingerprint density at radius 3 is 2.59 bits per heavy atom. The van der Waals surface area contributed by atoms with Crippen molar-refractivity contribution >= 4 is 34.7 Å². The predicted octanol–water partition coefficient (Wildman–Crippen LogP) is 4.06. The van der Waals surface area contributed by atoms with Gasteiger partial charge in [0.2, 0.25) is 0 Å². The van der Waals surface area contributed by atoms with Crippen molar-refractivity contribution in [1.82, 2.24) is 0 Å². The van der Waals surface area contributed by atoms with E-state index in [4.69, 9.17) is 28.6 Å². The third-order valence-electron chi connectivity index (χ3n) is 2.23. The summed E-state index contributed by atoms with van der Waals surface area (Å²) < 4.78 is 5.28. The molecule has 0 aromatic heterocycles. The normalized spacial score (nSPS) is 10.0. The molecule has 4 heteroatoms. The largest absolute Gasteiger partial charge is 0.487 e.